The van der Waals surface area contributed by atoms with E-state index in [-0.39, 0.29) is 5.11 Å². The Hall–Kier alpha value is -1.42. The molecule has 2 amide bonds. The van der Waals surface area contributed by atoms with Gasteiger partial charge in [0, 0.05) is 3.57 Å². The van der Waals surface area contributed by atoms with E-state index in [0.717, 1.165) is 3.57 Å². The fourth-order valence-corrected chi connectivity index (χ4v) is 1.81. The minimum absolute atomic E-state index is 0.00860. The lowest BCUT2D eigenvalue weighted by atomic mass is 10.2. The summed E-state index contributed by atoms with van der Waals surface area (Å²) in [6.07, 6.45) is 0. The molecular formula is C10H7IN4O2S. The predicted octanol–water partition coefficient (Wildman–Crippen LogP) is 1.27. The number of carbonyl (C=O) groups excluding carboxylic acids is 2. The molecule has 0 unspecified atom stereocenters. The molecule has 1 aromatic rings. The van der Waals surface area contributed by atoms with Crippen molar-refractivity contribution in [3.05, 3.63) is 27.8 Å². The molecule has 8 heteroatoms. The summed E-state index contributed by atoms with van der Waals surface area (Å²) < 4.78 is 1.06. The van der Waals surface area contributed by atoms with Crippen molar-refractivity contribution in [3.63, 3.8) is 0 Å². The van der Waals surface area contributed by atoms with E-state index in [0.29, 0.717) is 5.69 Å². The van der Waals surface area contributed by atoms with E-state index in [1.165, 1.54) is 0 Å². The highest BCUT2D eigenvalue weighted by Gasteiger charge is 2.32. The van der Waals surface area contributed by atoms with E-state index in [1.54, 1.807) is 12.1 Å². The Morgan fingerprint density at radius 3 is 2.22 bits per heavy atom. The molecule has 6 nitrogen and oxygen atoms in total. The summed E-state index contributed by atoms with van der Waals surface area (Å²) in [5, 5.41) is 12.2. The lowest BCUT2D eigenvalue weighted by molar-refractivity contribution is -0.131. The summed E-state index contributed by atoms with van der Waals surface area (Å²) >= 11 is 6.83. The van der Waals surface area contributed by atoms with Gasteiger partial charge in [-0.3, -0.25) is 9.59 Å². The number of nitrogens with one attached hydrogen (secondary N) is 2. The zero-order valence-electron chi connectivity index (χ0n) is 8.88. The molecule has 1 saturated heterocycles. The first-order valence-corrected chi connectivity index (χ1v) is 6.37. The van der Waals surface area contributed by atoms with Crippen LogP contribution in [0.4, 0.5) is 5.69 Å². The lowest BCUT2D eigenvalue weighted by Crippen LogP contribution is -2.57. The van der Waals surface area contributed by atoms with E-state index >= 15 is 0 Å². The van der Waals surface area contributed by atoms with E-state index in [1.807, 2.05) is 12.1 Å². The first-order valence-electron chi connectivity index (χ1n) is 4.88. The second-order valence-corrected chi connectivity index (χ2v) is 5.06. The number of rotatable bonds is 2. The molecule has 0 saturated carbocycles. The Bertz CT molecular complexity index is 523. The van der Waals surface area contributed by atoms with Gasteiger partial charge in [-0.25, -0.2) is 0 Å². The maximum Gasteiger partial charge on any atom is 0.262 e. The molecule has 1 heterocycles. The van der Waals surface area contributed by atoms with Crippen LogP contribution in [-0.2, 0) is 9.59 Å². The number of amides is 2. The van der Waals surface area contributed by atoms with Crippen LogP contribution in [0.15, 0.2) is 34.5 Å². The summed E-state index contributed by atoms with van der Waals surface area (Å²) in [7, 11) is 0. The topological polar surface area (TPSA) is 82.9 Å². The van der Waals surface area contributed by atoms with Gasteiger partial charge < -0.3 is 10.6 Å². The van der Waals surface area contributed by atoms with Crippen LogP contribution in [0, 0.1) is 3.57 Å². The van der Waals surface area contributed by atoms with Gasteiger partial charge >= 0.3 is 0 Å². The summed E-state index contributed by atoms with van der Waals surface area (Å²) in [4.78, 5) is 23.0. The number of thiocarbonyl (C=S) groups is 1. The summed E-state index contributed by atoms with van der Waals surface area (Å²) in [5.41, 5.74) is 0.573. The number of carbonyl (C=O) groups is 2. The van der Waals surface area contributed by atoms with Crippen molar-refractivity contribution in [1.82, 2.24) is 10.6 Å². The predicted molar refractivity (Wildman–Crippen MR) is 76.3 cm³/mol. The van der Waals surface area contributed by atoms with E-state index in [9.17, 15) is 9.59 Å². The Kier molecular flexibility index (Phi) is 3.97. The average Bonchev–Trinajstić information content (AvgIpc) is 2.30. The Balaban J connectivity index is 2.13. The van der Waals surface area contributed by atoms with Crippen LogP contribution in [0.25, 0.3) is 0 Å². The van der Waals surface area contributed by atoms with Crippen molar-refractivity contribution in [3.8, 4) is 0 Å². The van der Waals surface area contributed by atoms with Crippen molar-refractivity contribution in [2.24, 2.45) is 10.2 Å². The largest absolute Gasteiger partial charge is 0.300 e. The molecule has 0 atom stereocenters. The van der Waals surface area contributed by atoms with Crippen LogP contribution in [0.2, 0.25) is 0 Å². The van der Waals surface area contributed by atoms with Gasteiger partial charge in [0.25, 0.3) is 11.8 Å². The van der Waals surface area contributed by atoms with Gasteiger partial charge in [-0.05, 0) is 59.1 Å². The second kappa shape index (κ2) is 5.48. The SMILES string of the molecule is O=C1NC(=S)NC(=O)C1/N=N/c1ccc(I)cc1. The normalized spacial score (nSPS) is 16.8. The van der Waals surface area contributed by atoms with Crippen molar-refractivity contribution >= 4 is 57.4 Å². The van der Waals surface area contributed by atoms with Gasteiger partial charge in [-0.2, -0.15) is 10.2 Å². The highest BCUT2D eigenvalue weighted by Crippen LogP contribution is 2.15. The van der Waals surface area contributed by atoms with Gasteiger partial charge in [0.1, 0.15) is 0 Å². The van der Waals surface area contributed by atoms with Gasteiger partial charge in [0.2, 0.25) is 6.04 Å². The monoisotopic (exact) mass is 374 g/mol. The zero-order valence-corrected chi connectivity index (χ0v) is 11.9. The smallest absolute Gasteiger partial charge is 0.262 e. The molecule has 1 fully saturated rings. The molecule has 0 aliphatic carbocycles. The highest BCUT2D eigenvalue weighted by atomic mass is 127. The van der Waals surface area contributed by atoms with Crippen molar-refractivity contribution in [1.29, 1.82) is 0 Å². The second-order valence-electron chi connectivity index (χ2n) is 3.40. The zero-order chi connectivity index (χ0) is 13.1. The molecule has 0 aromatic heterocycles. The number of benzene rings is 1. The van der Waals surface area contributed by atoms with Crippen LogP contribution >= 0.6 is 34.8 Å². The van der Waals surface area contributed by atoms with Gasteiger partial charge in [-0.15, -0.1) is 0 Å². The number of azo groups is 1. The Morgan fingerprint density at radius 1 is 1.11 bits per heavy atom. The molecule has 1 aromatic carbocycles. The average molecular weight is 374 g/mol. The fraction of sp³-hybridized carbons (Fsp3) is 0.100. The maximum absolute atomic E-state index is 11.5. The number of nitrogens with zero attached hydrogens (tertiary/aromatic N) is 2. The van der Waals surface area contributed by atoms with Gasteiger partial charge in [0.15, 0.2) is 5.11 Å². The molecule has 1 aliphatic rings. The Labute approximate surface area is 121 Å². The third kappa shape index (κ3) is 3.07. The maximum atomic E-state index is 11.5. The van der Waals surface area contributed by atoms with Gasteiger partial charge in [0.05, 0.1) is 5.69 Å². The molecule has 0 spiro atoms. The number of halogens is 1. The quantitative estimate of drug-likeness (QED) is 0.354. The third-order valence-electron chi connectivity index (χ3n) is 2.09. The highest BCUT2D eigenvalue weighted by molar-refractivity contribution is 14.1. The van der Waals surface area contributed by atoms with Crippen LogP contribution < -0.4 is 10.6 Å². The summed E-state index contributed by atoms with van der Waals surface area (Å²) in [5.74, 6) is -1.14. The van der Waals surface area contributed by atoms with E-state index in [2.05, 4.69) is 55.7 Å². The van der Waals surface area contributed by atoms with Crippen LogP contribution in [0.5, 0.6) is 0 Å². The molecule has 18 heavy (non-hydrogen) atoms. The first kappa shape index (κ1) is 13.0. The standard InChI is InChI=1S/C10H7IN4O2S/c11-5-1-3-6(4-2-5)14-15-7-8(16)12-10(18)13-9(7)17/h1-4,7H,(H2,12,13,16,17,18)/b15-14+. The minimum atomic E-state index is -1.20. The molecule has 0 bridgehead atoms. The first-order chi connectivity index (χ1) is 8.56. The van der Waals surface area contributed by atoms with Crippen LogP contribution in [-0.4, -0.2) is 23.0 Å². The molecule has 1 aliphatic heterocycles. The number of hydrogen-bond donors (Lipinski definition) is 2. The van der Waals surface area contributed by atoms with Crippen molar-refractivity contribution in [2.75, 3.05) is 0 Å². The van der Waals surface area contributed by atoms with E-state index in [4.69, 9.17) is 0 Å². The molecular weight excluding hydrogens is 367 g/mol. The molecule has 92 valence electrons. The molecule has 2 rings (SSSR count). The number of hydrogen-bond acceptors (Lipinski definition) is 5. The van der Waals surface area contributed by atoms with Crippen molar-refractivity contribution < 1.29 is 9.59 Å². The van der Waals surface area contributed by atoms with Gasteiger partial charge in [-0.1, -0.05) is 0 Å². The fourth-order valence-electron chi connectivity index (χ4n) is 1.25. The molecule has 2 N–H and O–H groups in total. The lowest BCUT2D eigenvalue weighted by Gasteiger charge is -2.18. The minimum Gasteiger partial charge on any atom is -0.300 e. The summed E-state index contributed by atoms with van der Waals surface area (Å²) in [6, 6.07) is 6.00. The van der Waals surface area contributed by atoms with Crippen molar-refractivity contribution in [2.45, 2.75) is 6.04 Å². The molecule has 0 radical (unpaired) electrons. The van der Waals surface area contributed by atoms with E-state index < -0.39 is 17.9 Å². The van der Waals surface area contributed by atoms with Crippen LogP contribution in [0.1, 0.15) is 0 Å². The summed E-state index contributed by atoms with van der Waals surface area (Å²) in [6.45, 7) is 0. The van der Waals surface area contributed by atoms with Crippen LogP contribution in [0.3, 0.4) is 0 Å². The third-order valence-corrected chi connectivity index (χ3v) is 3.01. The Morgan fingerprint density at radius 2 is 1.67 bits per heavy atom.